The van der Waals surface area contributed by atoms with E-state index >= 15 is 0 Å². The minimum Gasteiger partial charge on any atom is -0.477 e. The maximum Gasteiger partial charge on any atom is 0.354 e. The lowest BCUT2D eigenvalue weighted by molar-refractivity contribution is 0.0688. The van der Waals surface area contributed by atoms with E-state index in [1.165, 1.54) is 16.7 Å². The molecule has 6 heteroatoms. The molecule has 0 aliphatic heterocycles. The Bertz CT molecular complexity index is 562. The zero-order chi connectivity index (χ0) is 11.2. The number of nitrogens with two attached hydrogens (primary N) is 1. The summed E-state index contributed by atoms with van der Waals surface area (Å²) in [5.41, 5.74) is 6.87. The van der Waals surface area contributed by atoms with Gasteiger partial charge in [-0.1, -0.05) is 11.6 Å². The summed E-state index contributed by atoms with van der Waals surface area (Å²) in [7, 11) is 0. The van der Waals surface area contributed by atoms with Crippen LogP contribution in [0.2, 0.25) is 5.02 Å². The number of carbonyl (C=O) groups is 1. The third-order valence-corrected chi connectivity index (χ3v) is 2.35. The van der Waals surface area contributed by atoms with Gasteiger partial charge in [0.05, 0.1) is 10.7 Å². The van der Waals surface area contributed by atoms with Gasteiger partial charge in [0.2, 0.25) is 0 Å². The number of aryl methyl sites for hydroxylation is 1. The fraction of sp³-hybridized carbons (Fsp3) is 0.111. The Hall–Kier alpha value is -1.75. The highest BCUT2D eigenvalue weighted by molar-refractivity contribution is 6.33. The van der Waals surface area contributed by atoms with Crippen molar-refractivity contribution in [3.63, 3.8) is 0 Å². The van der Waals surface area contributed by atoms with Gasteiger partial charge in [-0.3, -0.25) is 4.40 Å². The van der Waals surface area contributed by atoms with Crippen LogP contribution in [-0.4, -0.2) is 20.5 Å². The number of anilines is 1. The molecule has 0 aromatic carbocycles. The summed E-state index contributed by atoms with van der Waals surface area (Å²) in [6, 6.07) is 1.54. The van der Waals surface area contributed by atoms with E-state index in [9.17, 15) is 4.79 Å². The minimum atomic E-state index is -1.05. The molecule has 0 saturated heterocycles. The van der Waals surface area contributed by atoms with Crippen LogP contribution in [0.15, 0.2) is 12.3 Å². The Morgan fingerprint density at radius 2 is 2.33 bits per heavy atom. The molecule has 0 unspecified atom stereocenters. The van der Waals surface area contributed by atoms with Gasteiger partial charge in [-0.2, -0.15) is 0 Å². The Morgan fingerprint density at radius 3 is 2.93 bits per heavy atom. The van der Waals surface area contributed by atoms with Crippen molar-refractivity contribution >= 4 is 28.9 Å². The summed E-state index contributed by atoms with van der Waals surface area (Å²) in [6.07, 6.45) is 1.49. The van der Waals surface area contributed by atoms with Gasteiger partial charge in [0.25, 0.3) is 0 Å². The predicted molar refractivity (Wildman–Crippen MR) is 56.3 cm³/mol. The Morgan fingerprint density at radius 1 is 1.67 bits per heavy atom. The Balaban J connectivity index is 2.93. The van der Waals surface area contributed by atoms with E-state index < -0.39 is 5.97 Å². The molecule has 78 valence electrons. The molecular weight excluding hydrogens is 218 g/mol. The van der Waals surface area contributed by atoms with Gasteiger partial charge in [0.15, 0.2) is 11.3 Å². The minimum absolute atomic E-state index is 0.0826. The highest BCUT2D eigenvalue weighted by Gasteiger charge is 2.17. The second-order valence-electron chi connectivity index (χ2n) is 3.17. The van der Waals surface area contributed by atoms with Crippen molar-refractivity contribution in [3.05, 3.63) is 28.7 Å². The number of nitrogens with zero attached hydrogens (tertiary/aromatic N) is 2. The molecule has 0 aliphatic carbocycles. The molecule has 0 aliphatic rings. The lowest BCUT2D eigenvalue weighted by atomic mass is 10.3. The lowest BCUT2D eigenvalue weighted by Crippen LogP contribution is -2.04. The van der Waals surface area contributed by atoms with Crippen LogP contribution in [0.1, 0.15) is 16.2 Å². The first-order valence-electron chi connectivity index (χ1n) is 4.17. The van der Waals surface area contributed by atoms with Crippen molar-refractivity contribution in [2.75, 3.05) is 5.73 Å². The third-order valence-electron chi connectivity index (χ3n) is 2.07. The number of rotatable bonds is 1. The zero-order valence-corrected chi connectivity index (χ0v) is 8.62. The number of pyridine rings is 1. The molecule has 15 heavy (non-hydrogen) atoms. The quantitative estimate of drug-likeness (QED) is 0.772. The molecule has 3 N–H and O–H groups in total. The normalized spacial score (nSPS) is 10.8. The average Bonchev–Trinajstić information content (AvgIpc) is 2.41. The maximum absolute atomic E-state index is 11.0. The molecule has 0 atom stereocenters. The molecule has 0 saturated carbocycles. The fourth-order valence-electron chi connectivity index (χ4n) is 1.50. The van der Waals surface area contributed by atoms with Gasteiger partial charge in [-0.25, -0.2) is 9.78 Å². The van der Waals surface area contributed by atoms with E-state index in [1.807, 2.05) is 0 Å². The number of hydrogen-bond donors (Lipinski definition) is 2. The van der Waals surface area contributed by atoms with E-state index in [0.717, 1.165) is 0 Å². The van der Waals surface area contributed by atoms with Gasteiger partial charge in [0.1, 0.15) is 0 Å². The topological polar surface area (TPSA) is 80.6 Å². The second-order valence-corrected chi connectivity index (χ2v) is 3.57. The molecule has 0 amide bonds. The Kier molecular flexibility index (Phi) is 2.04. The number of hydrogen-bond acceptors (Lipinski definition) is 3. The molecule has 0 radical (unpaired) electrons. The highest BCUT2D eigenvalue weighted by atomic mass is 35.5. The first kappa shape index (κ1) is 9.79. The van der Waals surface area contributed by atoms with Gasteiger partial charge in [0, 0.05) is 11.9 Å². The molecule has 5 nitrogen and oxygen atoms in total. The number of fused-ring (bicyclic) bond motifs is 1. The summed E-state index contributed by atoms with van der Waals surface area (Å²) < 4.78 is 1.38. The maximum atomic E-state index is 11.0. The van der Waals surface area contributed by atoms with E-state index in [1.54, 1.807) is 6.92 Å². The average molecular weight is 226 g/mol. The van der Waals surface area contributed by atoms with E-state index in [-0.39, 0.29) is 5.69 Å². The van der Waals surface area contributed by atoms with Crippen LogP contribution in [0, 0.1) is 6.92 Å². The van der Waals surface area contributed by atoms with E-state index in [4.69, 9.17) is 22.4 Å². The van der Waals surface area contributed by atoms with Crippen LogP contribution in [0.5, 0.6) is 0 Å². The Labute approximate surface area is 90.1 Å². The molecule has 0 bridgehead atoms. The van der Waals surface area contributed by atoms with Crippen LogP contribution in [0.3, 0.4) is 0 Å². The number of aromatic carboxylic acids is 1. The summed E-state index contributed by atoms with van der Waals surface area (Å²) in [6.45, 7) is 1.61. The lowest BCUT2D eigenvalue weighted by Gasteiger charge is -2.00. The molecule has 2 heterocycles. The van der Waals surface area contributed by atoms with Crippen molar-refractivity contribution in [1.82, 2.24) is 9.38 Å². The fourth-order valence-corrected chi connectivity index (χ4v) is 1.75. The number of imidazole rings is 1. The first-order chi connectivity index (χ1) is 7.00. The third kappa shape index (κ3) is 1.41. The number of carboxylic acid groups (broad SMARTS) is 1. The summed E-state index contributed by atoms with van der Waals surface area (Å²) >= 11 is 5.90. The van der Waals surface area contributed by atoms with Crippen molar-refractivity contribution in [1.29, 1.82) is 0 Å². The van der Waals surface area contributed by atoms with Gasteiger partial charge in [-0.05, 0) is 13.0 Å². The first-order valence-corrected chi connectivity index (χ1v) is 4.55. The molecule has 0 fully saturated rings. The van der Waals surface area contributed by atoms with E-state index in [2.05, 4.69) is 4.98 Å². The van der Waals surface area contributed by atoms with Crippen LogP contribution >= 0.6 is 11.6 Å². The van der Waals surface area contributed by atoms with Crippen molar-refractivity contribution < 1.29 is 9.90 Å². The monoisotopic (exact) mass is 225 g/mol. The number of carboxylic acids is 1. The van der Waals surface area contributed by atoms with Crippen molar-refractivity contribution in [3.8, 4) is 0 Å². The number of nitrogen functional groups attached to an aromatic ring is 1. The molecule has 2 rings (SSSR count). The zero-order valence-electron chi connectivity index (χ0n) is 7.86. The van der Waals surface area contributed by atoms with Crippen LogP contribution in [0.25, 0.3) is 5.65 Å². The van der Waals surface area contributed by atoms with Crippen LogP contribution in [0.4, 0.5) is 5.69 Å². The van der Waals surface area contributed by atoms with Gasteiger partial charge >= 0.3 is 5.97 Å². The molecule has 2 aromatic heterocycles. The van der Waals surface area contributed by atoms with Gasteiger partial charge in [-0.15, -0.1) is 0 Å². The van der Waals surface area contributed by atoms with Crippen LogP contribution in [-0.2, 0) is 0 Å². The summed E-state index contributed by atoms with van der Waals surface area (Å²) in [4.78, 5) is 15.0. The smallest absolute Gasteiger partial charge is 0.354 e. The van der Waals surface area contributed by atoms with Crippen LogP contribution < -0.4 is 5.73 Å². The predicted octanol–water partition coefficient (Wildman–Crippen LogP) is 1.58. The number of halogens is 1. The molecular formula is C9H8ClN3O2. The van der Waals surface area contributed by atoms with Crippen molar-refractivity contribution in [2.24, 2.45) is 0 Å². The highest BCUT2D eigenvalue weighted by Crippen LogP contribution is 2.22. The standard InChI is InChI=1S/C9H8ClN3O2/c1-4-7(9(14)15)13-3-5(11)2-6(10)8(13)12-4/h2-3H,11H2,1H3,(H,14,15). The molecule has 2 aromatic rings. The SMILES string of the molecule is Cc1nc2c(Cl)cc(N)cn2c1C(=O)O. The number of aromatic nitrogens is 2. The van der Waals surface area contributed by atoms with Gasteiger partial charge < -0.3 is 10.8 Å². The van der Waals surface area contributed by atoms with E-state index in [0.29, 0.717) is 22.1 Å². The largest absolute Gasteiger partial charge is 0.477 e. The second kappa shape index (κ2) is 3.13. The summed E-state index contributed by atoms with van der Waals surface area (Å²) in [5, 5.41) is 9.33. The summed E-state index contributed by atoms with van der Waals surface area (Å²) in [5.74, 6) is -1.05. The van der Waals surface area contributed by atoms with Crippen molar-refractivity contribution in [2.45, 2.75) is 6.92 Å². The molecule has 0 spiro atoms.